The molecule has 0 bridgehead atoms. The summed E-state index contributed by atoms with van der Waals surface area (Å²) in [5.41, 5.74) is 19.1. The first kappa shape index (κ1) is 33.7. The van der Waals surface area contributed by atoms with Crippen molar-refractivity contribution in [3.63, 3.8) is 0 Å². The van der Waals surface area contributed by atoms with Crippen molar-refractivity contribution in [2.24, 2.45) is 0 Å². The van der Waals surface area contributed by atoms with Crippen LogP contribution >= 0.6 is 0 Å². The summed E-state index contributed by atoms with van der Waals surface area (Å²) in [7, 11) is 0. The molecule has 0 saturated heterocycles. The van der Waals surface area contributed by atoms with Gasteiger partial charge in [0.1, 0.15) is 11.5 Å². The summed E-state index contributed by atoms with van der Waals surface area (Å²) in [5.74, 6) is 2.48. The molecule has 59 heavy (non-hydrogen) atoms. The smallest absolute Gasteiger partial charge is 0.160 e. The summed E-state index contributed by atoms with van der Waals surface area (Å²) >= 11 is 0. The molecule has 9 aromatic rings. The van der Waals surface area contributed by atoms with Gasteiger partial charge in [-0.2, -0.15) is 0 Å². The number of aromatic nitrogens is 2. The molecule has 0 unspecified atom stereocenters. The summed E-state index contributed by atoms with van der Waals surface area (Å²) in [6.07, 6.45) is 0. The third-order valence-corrected chi connectivity index (χ3v) is 13.0. The van der Waals surface area contributed by atoms with Crippen molar-refractivity contribution in [3.05, 3.63) is 228 Å². The van der Waals surface area contributed by atoms with E-state index >= 15 is 0 Å². The molecule has 278 valence electrons. The van der Waals surface area contributed by atoms with E-state index < -0.39 is 5.41 Å². The van der Waals surface area contributed by atoms with E-state index in [4.69, 9.17) is 14.7 Å². The number of hydrogen-bond acceptors (Lipinski definition) is 3. The molecule has 3 heteroatoms. The van der Waals surface area contributed by atoms with Crippen molar-refractivity contribution in [2.45, 2.75) is 24.7 Å². The maximum Gasteiger partial charge on any atom is 0.160 e. The highest BCUT2D eigenvalue weighted by molar-refractivity contribution is 5.91. The van der Waals surface area contributed by atoms with Crippen molar-refractivity contribution < 1.29 is 4.74 Å². The van der Waals surface area contributed by atoms with Crippen LogP contribution in [0.3, 0.4) is 0 Å². The summed E-state index contributed by atoms with van der Waals surface area (Å²) < 4.78 is 6.97. The molecular formula is C56H38N2O. The fraction of sp³-hybridized carbons (Fsp3) is 0.0714. The fourth-order valence-electron chi connectivity index (χ4n) is 10.2. The Morgan fingerprint density at radius 1 is 0.356 bits per heavy atom. The average Bonchev–Trinajstić information content (AvgIpc) is 3.72. The zero-order valence-corrected chi connectivity index (χ0v) is 32.8. The van der Waals surface area contributed by atoms with Crippen molar-refractivity contribution in [1.29, 1.82) is 0 Å². The van der Waals surface area contributed by atoms with Crippen LogP contribution in [0, 0.1) is 0 Å². The second-order valence-electron chi connectivity index (χ2n) is 16.5. The predicted molar refractivity (Wildman–Crippen MR) is 239 cm³/mol. The van der Waals surface area contributed by atoms with Crippen LogP contribution in [-0.2, 0) is 10.8 Å². The van der Waals surface area contributed by atoms with Crippen LogP contribution in [0.5, 0.6) is 11.5 Å². The third kappa shape index (κ3) is 4.82. The third-order valence-electron chi connectivity index (χ3n) is 13.0. The highest BCUT2D eigenvalue weighted by Crippen LogP contribution is 2.63. The Morgan fingerprint density at radius 2 is 0.864 bits per heavy atom. The molecule has 12 rings (SSSR count). The quantitative estimate of drug-likeness (QED) is 0.179. The molecule has 1 aliphatic heterocycles. The first-order valence-corrected chi connectivity index (χ1v) is 20.4. The van der Waals surface area contributed by atoms with Gasteiger partial charge in [0.2, 0.25) is 0 Å². The van der Waals surface area contributed by atoms with Gasteiger partial charge in [-0.25, -0.2) is 9.97 Å². The Balaban J connectivity index is 0.984. The van der Waals surface area contributed by atoms with Gasteiger partial charge < -0.3 is 4.74 Å². The number of benzene rings is 8. The van der Waals surface area contributed by atoms with Gasteiger partial charge in [0.25, 0.3) is 0 Å². The summed E-state index contributed by atoms with van der Waals surface area (Å²) in [6, 6.07) is 69.7. The van der Waals surface area contributed by atoms with Gasteiger partial charge in [-0.1, -0.05) is 190 Å². The lowest BCUT2D eigenvalue weighted by Gasteiger charge is -2.40. The van der Waals surface area contributed by atoms with E-state index in [1.165, 1.54) is 50.1 Å². The number of fused-ring (bicyclic) bond motifs is 12. The fourth-order valence-corrected chi connectivity index (χ4v) is 10.2. The Hall–Kier alpha value is -7.36. The van der Waals surface area contributed by atoms with Crippen LogP contribution < -0.4 is 4.74 Å². The van der Waals surface area contributed by atoms with E-state index in [9.17, 15) is 0 Å². The number of rotatable bonds is 4. The SMILES string of the molecule is CC1(C)c2ccccc2-c2ccc(-c3cc(-c4ccc(-c5cccc6c5Oc5ccccc5C65c6ccccc6-c6ccccc65)cc4)nc(-c4ccccc4)n3)cc21. The molecule has 3 aliphatic rings. The number of ether oxygens (including phenoxy) is 1. The van der Waals surface area contributed by atoms with E-state index in [2.05, 4.69) is 190 Å². The molecule has 3 nitrogen and oxygen atoms in total. The normalized spacial score (nSPS) is 14.3. The molecule has 0 radical (unpaired) electrons. The van der Waals surface area contributed by atoms with Crippen molar-refractivity contribution in [3.8, 4) is 78.8 Å². The van der Waals surface area contributed by atoms with Gasteiger partial charge in [-0.05, 0) is 68.3 Å². The highest BCUT2D eigenvalue weighted by Gasteiger charge is 2.51. The summed E-state index contributed by atoms with van der Waals surface area (Å²) in [4.78, 5) is 10.4. The molecule has 0 saturated carbocycles. The lowest BCUT2D eigenvalue weighted by molar-refractivity contribution is 0.438. The van der Waals surface area contributed by atoms with Crippen LogP contribution in [0.25, 0.3) is 67.3 Å². The first-order chi connectivity index (χ1) is 29.0. The Bertz CT molecular complexity index is 3120. The van der Waals surface area contributed by atoms with Crippen molar-refractivity contribution >= 4 is 0 Å². The lowest BCUT2D eigenvalue weighted by atomic mass is 9.65. The van der Waals surface area contributed by atoms with E-state index in [0.29, 0.717) is 5.82 Å². The Morgan fingerprint density at radius 3 is 1.58 bits per heavy atom. The van der Waals surface area contributed by atoms with Crippen LogP contribution in [0.2, 0.25) is 0 Å². The second kappa shape index (κ2) is 12.6. The van der Waals surface area contributed by atoms with Gasteiger partial charge in [0.15, 0.2) is 5.82 Å². The van der Waals surface area contributed by atoms with Crippen molar-refractivity contribution in [1.82, 2.24) is 9.97 Å². The van der Waals surface area contributed by atoms with Gasteiger partial charge in [0.05, 0.1) is 16.8 Å². The van der Waals surface area contributed by atoms with Crippen molar-refractivity contribution in [2.75, 3.05) is 0 Å². The van der Waals surface area contributed by atoms with Crippen LogP contribution in [0.4, 0.5) is 0 Å². The topological polar surface area (TPSA) is 35.0 Å². The number of nitrogens with zero attached hydrogens (tertiary/aromatic N) is 2. The maximum absolute atomic E-state index is 6.97. The maximum atomic E-state index is 6.97. The Labute approximate surface area is 344 Å². The van der Waals surface area contributed by atoms with E-state index in [1.807, 2.05) is 18.2 Å². The van der Waals surface area contributed by atoms with Crippen LogP contribution in [0.15, 0.2) is 194 Å². The highest BCUT2D eigenvalue weighted by atomic mass is 16.5. The lowest BCUT2D eigenvalue weighted by Crippen LogP contribution is -2.32. The zero-order chi connectivity index (χ0) is 39.3. The second-order valence-corrected chi connectivity index (χ2v) is 16.5. The molecule has 0 amide bonds. The number of hydrogen-bond donors (Lipinski definition) is 0. The molecule has 0 atom stereocenters. The standard InChI is InChI=1S/C56H38N2O/c1-55(2)44-21-9-6-17-40(44)43-32-31-38(33-49(43)55)51-34-50(57-54(58-51)37-15-4-3-5-16-37)36-29-27-35(28-30-36)39-20-14-25-48-53(39)59-52-26-13-12-24-47(52)56(48)45-22-10-7-18-41(45)42-19-8-11-23-46(42)56/h3-34H,1-2H3. The van der Waals surface area contributed by atoms with Gasteiger partial charge in [0, 0.05) is 38.8 Å². The van der Waals surface area contributed by atoms with Crippen LogP contribution in [-0.4, -0.2) is 9.97 Å². The molecule has 8 aromatic carbocycles. The summed E-state index contributed by atoms with van der Waals surface area (Å²) in [5, 5.41) is 0. The van der Waals surface area contributed by atoms with Gasteiger partial charge in [-0.15, -0.1) is 0 Å². The minimum atomic E-state index is -0.506. The molecule has 1 aromatic heterocycles. The molecule has 0 N–H and O–H groups in total. The first-order valence-electron chi connectivity index (χ1n) is 20.4. The molecular weight excluding hydrogens is 717 g/mol. The molecule has 1 spiro atoms. The van der Waals surface area contributed by atoms with Gasteiger partial charge in [-0.3, -0.25) is 0 Å². The monoisotopic (exact) mass is 754 g/mol. The number of para-hydroxylation sites is 2. The molecule has 2 heterocycles. The van der Waals surface area contributed by atoms with E-state index in [0.717, 1.165) is 56.3 Å². The Kier molecular flexibility index (Phi) is 7.19. The zero-order valence-electron chi connectivity index (χ0n) is 32.8. The summed E-state index contributed by atoms with van der Waals surface area (Å²) in [6.45, 7) is 4.64. The van der Waals surface area contributed by atoms with Gasteiger partial charge >= 0.3 is 0 Å². The molecule has 0 fully saturated rings. The predicted octanol–water partition coefficient (Wildman–Crippen LogP) is 13.9. The largest absolute Gasteiger partial charge is 0.456 e. The minimum absolute atomic E-state index is 0.109. The van der Waals surface area contributed by atoms with Crippen LogP contribution in [0.1, 0.15) is 47.2 Å². The van der Waals surface area contributed by atoms with E-state index in [-0.39, 0.29) is 5.41 Å². The molecule has 2 aliphatic carbocycles. The average molecular weight is 755 g/mol. The van der Waals surface area contributed by atoms with E-state index in [1.54, 1.807) is 0 Å². The minimum Gasteiger partial charge on any atom is -0.456 e.